The number of rotatable bonds is 4. The largest absolute Gasteiger partial charge is 0.444 e. The van der Waals surface area contributed by atoms with E-state index in [1.54, 1.807) is 11.0 Å². The highest BCUT2D eigenvalue weighted by Crippen LogP contribution is 2.35. The predicted octanol–water partition coefficient (Wildman–Crippen LogP) is 4.69. The van der Waals surface area contributed by atoms with Crippen LogP contribution in [0, 0.1) is 11.8 Å². The Morgan fingerprint density at radius 1 is 1.21 bits per heavy atom. The van der Waals surface area contributed by atoms with Crippen LogP contribution in [-0.4, -0.2) is 33.7 Å². The topological polar surface area (TPSA) is 79.3 Å². The molecule has 0 aliphatic carbocycles. The Morgan fingerprint density at radius 3 is 2.69 bits per heavy atom. The molecule has 2 aromatic carbocycles. The van der Waals surface area contributed by atoms with Gasteiger partial charge in [-0.3, -0.25) is 4.90 Å². The molecule has 0 aromatic heterocycles. The molecule has 7 nitrogen and oxygen atoms in total. The molecule has 2 aliphatic heterocycles. The van der Waals surface area contributed by atoms with Crippen molar-refractivity contribution in [1.29, 1.82) is 0 Å². The third-order valence-electron chi connectivity index (χ3n) is 5.35. The molecule has 0 bridgehead atoms. The molecule has 0 spiro atoms. The number of hydrogen-bond donors (Lipinski definition) is 0. The van der Waals surface area contributed by atoms with Crippen molar-refractivity contribution >= 4 is 40.1 Å². The Hall–Kier alpha value is -2.29. The van der Waals surface area contributed by atoms with Crippen molar-refractivity contribution in [3.63, 3.8) is 0 Å². The summed E-state index contributed by atoms with van der Waals surface area (Å²) in [7, 11) is -1.43. The summed E-state index contributed by atoms with van der Waals surface area (Å²) in [5.41, 5.74) is 3.06. The number of piperidine rings is 1. The highest BCUT2D eigenvalue weighted by Gasteiger charge is 2.36. The molecule has 0 N–H and O–H groups in total. The summed E-state index contributed by atoms with van der Waals surface area (Å²) in [6, 6.07) is 10.5. The molecule has 9 heteroatoms. The number of carbonyl (C=O) groups is 1. The summed E-state index contributed by atoms with van der Waals surface area (Å²) in [6.07, 6.45) is 1.01. The molecule has 0 saturated carbocycles. The number of carbonyl (C=O) groups excluding carboxylic acids is 1. The third kappa shape index (κ3) is 3.80. The molecule has 1 atom stereocenters. The van der Waals surface area contributed by atoms with Gasteiger partial charge < -0.3 is 4.74 Å². The number of benzene rings is 2. The minimum atomic E-state index is -1.43. The Morgan fingerprint density at radius 2 is 1.97 bits per heavy atom. The second-order valence-corrected chi connectivity index (χ2v) is 9.01. The first kappa shape index (κ1) is 20.0. The van der Waals surface area contributed by atoms with E-state index in [1.807, 2.05) is 29.4 Å². The van der Waals surface area contributed by atoms with Crippen LogP contribution in [0.5, 0.6) is 0 Å². The summed E-state index contributed by atoms with van der Waals surface area (Å²) in [5, 5.41) is 3.11. The maximum atomic E-state index is 12.9. The number of para-hydroxylation sites is 1. The van der Waals surface area contributed by atoms with E-state index in [1.165, 1.54) is 12.1 Å². The van der Waals surface area contributed by atoms with Gasteiger partial charge in [0.1, 0.15) is 23.3 Å². The maximum Gasteiger partial charge on any atom is 0.414 e. The van der Waals surface area contributed by atoms with Crippen molar-refractivity contribution in [2.45, 2.75) is 37.3 Å². The highest BCUT2D eigenvalue weighted by atomic mass is 35.5. The Balaban J connectivity index is 1.50. The normalized spacial score (nSPS) is 18.8. The van der Waals surface area contributed by atoms with Gasteiger partial charge in [-0.2, -0.15) is 0 Å². The number of anilines is 1. The van der Waals surface area contributed by atoms with E-state index >= 15 is 0 Å². The molecule has 1 saturated heterocycles. The van der Waals surface area contributed by atoms with Crippen molar-refractivity contribution in [1.82, 2.24) is 4.31 Å². The maximum absolute atomic E-state index is 12.9. The van der Waals surface area contributed by atoms with E-state index in [4.69, 9.17) is 16.3 Å². The van der Waals surface area contributed by atoms with Crippen LogP contribution >= 0.6 is 11.6 Å². The lowest BCUT2D eigenvalue weighted by atomic mass is 10.00. The van der Waals surface area contributed by atoms with Crippen LogP contribution in [0.1, 0.15) is 24.0 Å². The van der Waals surface area contributed by atoms with Gasteiger partial charge in [0.05, 0.1) is 15.6 Å². The monoisotopic (exact) mass is 433 g/mol. The molecule has 2 heterocycles. The number of amides is 1. The summed E-state index contributed by atoms with van der Waals surface area (Å²) in [6.45, 7) is 3.39. The molecule has 2 aromatic rings. The molecule has 1 amide bonds. The fourth-order valence-corrected chi connectivity index (χ4v) is 5.29. The molecule has 152 valence electrons. The summed E-state index contributed by atoms with van der Waals surface area (Å²) in [5.74, 6) is 0. The summed E-state index contributed by atoms with van der Waals surface area (Å²) < 4.78 is 20.1. The highest BCUT2D eigenvalue weighted by molar-refractivity contribution is 7.82. The van der Waals surface area contributed by atoms with Crippen LogP contribution in [0.15, 0.2) is 46.5 Å². The summed E-state index contributed by atoms with van der Waals surface area (Å²) >= 11 is 5.90. The molecule has 2 aliphatic rings. The van der Waals surface area contributed by atoms with Crippen LogP contribution in [0.3, 0.4) is 0 Å². The van der Waals surface area contributed by atoms with Crippen molar-refractivity contribution in [2.75, 3.05) is 18.0 Å². The Labute approximate surface area is 176 Å². The van der Waals surface area contributed by atoms with E-state index in [-0.39, 0.29) is 22.8 Å². The molecule has 1 unspecified atom stereocenters. The second-order valence-electron chi connectivity index (χ2n) is 7.12. The van der Waals surface area contributed by atoms with Gasteiger partial charge in [0.25, 0.3) is 0 Å². The van der Waals surface area contributed by atoms with Crippen LogP contribution in [0.25, 0.3) is 0 Å². The fraction of sp³-hybridized carbons (Fsp3) is 0.350. The third-order valence-corrected chi connectivity index (χ3v) is 7.16. The molecular weight excluding hydrogens is 414 g/mol. The lowest BCUT2D eigenvalue weighted by Crippen LogP contribution is -2.50. The zero-order chi connectivity index (χ0) is 20.5. The van der Waals surface area contributed by atoms with Crippen molar-refractivity contribution in [2.24, 2.45) is 5.18 Å². The minimum absolute atomic E-state index is 0.0201. The van der Waals surface area contributed by atoms with E-state index in [2.05, 4.69) is 5.18 Å². The van der Waals surface area contributed by atoms with Gasteiger partial charge in [0.15, 0.2) is 0 Å². The first-order valence-corrected chi connectivity index (χ1v) is 10.8. The standard InChI is InChI=1S/C20H20ClN3O4S/c1-13-3-2-4-14-12-28-20(25)24(19(13)14)15-7-9-23(10-8-15)29(27)16-5-6-17(21)18(11-16)22-26/h2-6,11,15H,7-10,12H2,1H3. The first-order chi connectivity index (χ1) is 14.0. The number of fused-ring (bicyclic) bond motifs is 1. The molecule has 4 rings (SSSR count). The van der Waals surface area contributed by atoms with Gasteiger partial charge in [-0.25, -0.2) is 13.3 Å². The van der Waals surface area contributed by atoms with Gasteiger partial charge in [0, 0.05) is 24.7 Å². The smallest absolute Gasteiger partial charge is 0.414 e. The lowest BCUT2D eigenvalue weighted by molar-refractivity contribution is 0.136. The number of halogens is 1. The average molecular weight is 434 g/mol. The van der Waals surface area contributed by atoms with E-state index in [0.29, 0.717) is 37.4 Å². The molecule has 1 fully saturated rings. The number of nitrogens with zero attached hydrogens (tertiary/aromatic N) is 3. The molecular formula is C20H20ClN3O4S. The quantitative estimate of drug-likeness (QED) is 0.655. The van der Waals surface area contributed by atoms with E-state index in [0.717, 1.165) is 16.8 Å². The van der Waals surface area contributed by atoms with Crippen molar-refractivity contribution in [3.8, 4) is 0 Å². The fourth-order valence-electron chi connectivity index (χ4n) is 3.90. The van der Waals surface area contributed by atoms with Crippen molar-refractivity contribution in [3.05, 3.63) is 57.5 Å². The predicted molar refractivity (Wildman–Crippen MR) is 112 cm³/mol. The number of hydrogen-bond acceptors (Lipinski definition) is 5. The summed E-state index contributed by atoms with van der Waals surface area (Å²) in [4.78, 5) is 25.6. The second kappa shape index (κ2) is 8.22. The zero-order valence-electron chi connectivity index (χ0n) is 15.8. The van der Waals surface area contributed by atoms with Gasteiger partial charge >= 0.3 is 6.09 Å². The van der Waals surface area contributed by atoms with E-state index in [9.17, 15) is 13.9 Å². The number of nitroso groups, excluding NO2 is 1. The molecule has 29 heavy (non-hydrogen) atoms. The average Bonchev–Trinajstić information content (AvgIpc) is 2.74. The zero-order valence-corrected chi connectivity index (χ0v) is 17.4. The van der Waals surface area contributed by atoms with Crippen LogP contribution in [0.2, 0.25) is 5.02 Å². The SMILES string of the molecule is Cc1cccc2c1N(C1CCN(S(=O)c3ccc(Cl)c(N=O)c3)CC1)C(=O)OC2. The number of cyclic esters (lactones) is 1. The van der Waals surface area contributed by atoms with Crippen LogP contribution in [-0.2, 0) is 22.3 Å². The van der Waals surface area contributed by atoms with Crippen molar-refractivity contribution < 1.29 is 13.7 Å². The first-order valence-electron chi connectivity index (χ1n) is 9.34. The number of aryl methyl sites for hydroxylation is 1. The van der Waals surface area contributed by atoms with Gasteiger partial charge in [-0.15, -0.1) is 4.91 Å². The van der Waals surface area contributed by atoms with Gasteiger partial charge in [0.2, 0.25) is 0 Å². The minimum Gasteiger partial charge on any atom is -0.444 e. The van der Waals surface area contributed by atoms with Crippen LogP contribution in [0.4, 0.5) is 16.2 Å². The van der Waals surface area contributed by atoms with E-state index < -0.39 is 11.0 Å². The number of ether oxygens (including phenoxy) is 1. The molecule has 0 radical (unpaired) electrons. The van der Waals surface area contributed by atoms with Crippen LogP contribution < -0.4 is 4.90 Å². The Bertz CT molecular complexity index is 992. The lowest BCUT2D eigenvalue weighted by Gasteiger charge is -2.40. The van der Waals surface area contributed by atoms with Gasteiger partial charge in [-0.05, 0) is 48.7 Å². The Kier molecular flexibility index (Phi) is 5.67. The van der Waals surface area contributed by atoms with Gasteiger partial charge in [-0.1, -0.05) is 29.8 Å².